The van der Waals surface area contributed by atoms with Crippen LogP contribution in [0.15, 0.2) is 18.2 Å². The Morgan fingerprint density at radius 3 is 2.68 bits per heavy atom. The number of rotatable bonds is 6. The summed E-state index contributed by atoms with van der Waals surface area (Å²) in [6, 6.07) is 4.68. The van der Waals surface area contributed by atoms with E-state index in [9.17, 15) is 9.59 Å². The van der Waals surface area contributed by atoms with Crippen molar-refractivity contribution in [2.45, 2.75) is 19.3 Å². The molecule has 0 aliphatic carbocycles. The predicted molar refractivity (Wildman–Crippen MR) is 99.3 cm³/mol. The van der Waals surface area contributed by atoms with Crippen molar-refractivity contribution in [1.29, 1.82) is 0 Å². The molecule has 2 rings (SSSR count). The maximum Gasteiger partial charge on any atom is 0.321 e. The lowest BCUT2D eigenvalue weighted by Crippen LogP contribution is -2.44. The maximum atomic E-state index is 12.4. The SMILES string of the molecule is COCCCNC(=O)C1CCN(C(=O)Nc2cc(Cl)ccc2Cl)CC1. The molecular weight excluding hydrogens is 365 g/mol. The van der Waals surface area contributed by atoms with Crippen LogP contribution in [0.1, 0.15) is 19.3 Å². The van der Waals surface area contributed by atoms with E-state index in [1.54, 1.807) is 30.2 Å². The van der Waals surface area contributed by atoms with Crippen LogP contribution in [0.4, 0.5) is 10.5 Å². The lowest BCUT2D eigenvalue weighted by atomic mass is 9.96. The van der Waals surface area contributed by atoms with Crippen LogP contribution in [0.3, 0.4) is 0 Å². The quantitative estimate of drug-likeness (QED) is 0.734. The van der Waals surface area contributed by atoms with E-state index in [1.807, 2.05) is 0 Å². The van der Waals surface area contributed by atoms with E-state index in [1.165, 1.54) is 0 Å². The lowest BCUT2D eigenvalue weighted by molar-refractivity contribution is -0.126. The minimum absolute atomic E-state index is 0.0500. The molecule has 0 aromatic heterocycles. The summed E-state index contributed by atoms with van der Waals surface area (Å²) in [5.41, 5.74) is 0.483. The van der Waals surface area contributed by atoms with Crippen LogP contribution in [0.25, 0.3) is 0 Å². The first-order valence-corrected chi connectivity index (χ1v) is 9.04. The maximum absolute atomic E-state index is 12.4. The van der Waals surface area contributed by atoms with Crippen LogP contribution >= 0.6 is 23.2 Å². The van der Waals surface area contributed by atoms with Crippen molar-refractivity contribution in [2.24, 2.45) is 5.92 Å². The molecule has 0 atom stereocenters. The number of piperidine rings is 1. The first-order chi connectivity index (χ1) is 12.0. The minimum Gasteiger partial charge on any atom is -0.385 e. The van der Waals surface area contributed by atoms with Gasteiger partial charge < -0.3 is 20.3 Å². The summed E-state index contributed by atoms with van der Waals surface area (Å²) in [5, 5.41) is 6.62. The number of urea groups is 1. The van der Waals surface area contributed by atoms with Gasteiger partial charge in [0.2, 0.25) is 5.91 Å². The first-order valence-electron chi connectivity index (χ1n) is 8.29. The van der Waals surface area contributed by atoms with Gasteiger partial charge in [-0.3, -0.25) is 4.79 Å². The lowest BCUT2D eigenvalue weighted by Gasteiger charge is -2.31. The monoisotopic (exact) mass is 387 g/mol. The second-order valence-corrected chi connectivity index (χ2v) is 6.80. The number of nitrogens with zero attached hydrogens (tertiary/aromatic N) is 1. The fourth-order valence-electron chi connectivity index (χ4n) is 2.70. The molecule has 0 unspecified atom stereocenters. The van der Waals surface area contributed by atoms with Crippen LogP contribution in [0.2, 0.25) is 10.0 Å². The molecule has 1 aromatic rings. The highest BCUT2D eigenvalue weighted by atomic mass is 35.5. The molecule has 3 amide bonds. The van der Waals surface area contributed by atoms with Crippen LogP contribution in [0.5, 0.6) is 0 Å². The number of carbonyl (C=O) groups excluding carboxylic acids is 2. The number of carbonyl (C=O) groups is 2. The Morgan fingerprint density at radius 1 is 1.28 bits per heavy atom. The summed E-state index contributed by atoms with van der Waals surface area (Å²) in [6.45, 7) is 2.30. The number of benzene rings is 1. The second-order valence-electron chi connectivity index (χ2n) is 5.95. The summed E-state index contributed by atoms with van der Waals surface area (Å²) in [7, 11) is 1.64. The molecule has 1 heterocycles. The zero-order valence-electron chi connectivity index (χ0n) is 14.2. The number of methoxy groups -OCH3 is 1. The van der Waals surface area contributed by atoms with Gasteiger partial charge in [-0.05, 0) is 37.5 Å². The smallest absolute Gasteiger partial charge is 0.321 e. The highest BCUT2D eigenvalue weighted by Gasteiger charge is 2.27. The molecule has 1 aromatic carbocycles. The van der Waals surface area contributed by atoms with Gasteiger partial charge >= 0.3 is 6.03 Å². The van der Waals surface area contributed by atoms with Crippen molar-refractivity contribution in [3.8, 4) is 0 Å². The van der Waals surface area contributed by atoms with Gasteiger partial charge in [0.25, 0.3) is 0 Å². The van der Waals surface area contributed by atoms with Crippen LogP contribution < -0.4 is 10.6 Å². The average Bonchev–Trinajstić information content (AvgIpc) is 2.61. The summed E-state index contributed by atoms with van der Waals surface area (Å²) >= 11 is 12.0. The van der Waals surface area contributed by atoms with Gasteiger partial charge in [-0.25, -0.2) is 4.79 Å². The van der Waals surface area contributed by atoms with Gasteiger partial charge in [-0.1, -0.05) is 23.2 Å². The zero-order chi connectivity index (χ0) is 18.2. The summed E-state index contributed by atoms with van der Waals surface area (Å²) in [4.78, 5) is 26.1. The van der Waals surface area contributed by atoms with Gasteiger partial charge in [-0.15, -0.1) is 0 Å². The van der Waals surface area contributed by atoms with E-state index in [4.69, 9.17) is 27.9 Å². The Kier molecular flexibility index (Phi) is 7.81. The summed E-state index contributed by atoms with van der Waals surface area (Å²) < 4.78 is 4.95. The third-order valence-corrected chi connectivity index (χ3v) is 4.71. The molecule has 1 aliphatic heterocycles. The van der Waals surface area contributed by atoms with Gasteiger partial charge in [0.05, 0.1) is 10.7 Å². The highest BCUT2D eigenvalue weighted by Crippen LogP contribution is 2.26. The second kappa shape index (κ2) is 9.85. The Balaban J connectivity index is 1.78. The van der Waals surface area contributed by atoms with Crippen LogP contribution in [-0.4, -0.2) is 50.2 Å². The molecule has 0 saturated carbocycles. The van der Waals surface area contributed by atoms with Crippen molar-refractivity contribution in [3.63, 3.8) is 0 Å². The molecule has 1 fully saturated rings. The molecule has 25 heavy (non-hydrogen) atoms. The Morgan fingerprint density at radius 2 is 2.00 bits per heavy atom. The predicted octanol–water partition coefficient (Wildman–Crippen LogP) is 3.39. The molecular formula is C17H23Cl2N3O3. The number of likely N-dealkylation sites (tertiary alicyclic amines) is 1. The van der Waals surface area contributed by atoms with E-state index >= 15 is 0 Å². The number of amides is 3. The van der Waals surface area contributed by atoms with Gasteiger partial charge in [0, 0.05) is 44.3 Å². The molecule has 8 heteroatoms. The third kappa shape index (κ3) is 6.06. The zero-order valence-corrected chi connectivity index (χ0v) is 15.7. The van der Waals surface area contributed by atoms with Crippen LogP contribution in [0, 0.1) is 5.92 Å². The molecule has 6 nitrogen and oxygen atoms in total. The van der Waals surface area contributed by atoms with Crippen molar-refractivity contribution in [1.82, 2.24) is 10.2 Å². The van der Waals surface area contributed by atoms with Gasteiger partial charge in [0.1, 0.15) is 0 Å². The number of nitrogens with one attached hydrogen (secondary N) is 2. The van der Waals surface area contributed by atoms with E-state index < -0.39 is 0 Å². The average molecular weight is 388 g/mol. The van der Waals surface area contributed by atoms with Crippen molar-refractivity contribution < 1.29 is 14.3 Å². The number of hydrogen-bond donors (Lipinski definition) is 2. The standard InChI is InChI=1S/C17H23Cl2N3O3/c1-25-10-2-7-20-16(23)12-5-8-22(9-6-12)17(24)21-15-11-13(18)3-4-14(15)19/h3-4,11-12H,2,5-10H2,1H3,(H,20,23)(H,21,24). The molecule has 0 spiro atoms. The topological polar surface area (TPSA) is 70.7 Å². The van der Waals surface area contributed by atoms with E-state index in [-0.39, 0.29) is 17.9 Å². The van der Waals surface area contributed by atoms with Crippen LogP contribution in [-0.2, 0) is 9.53 Å². The number of halogens is 2. The largest absolute Gasteiger partial charge is 0.385 e. The minimum atomic E-state index is -0.233. The Bertz CT molecular complexity index is 605. The fourth-order valence-corrected chi connectivity index (χ4v) is 3.04. The summed E-state index contributed by atoms with van der Waals surface area (Å²) in [5.74, 6) is -0.00426. The van der Waals surface area contributed by atoms with Gasteiger partial charge in [0.15, 0.2) is 0 Å². The molecule has 0 bridgehead atoms. The molecule has 2 N–H and O–H groups in total. The van der Waals surface area contributed by atoms with E-state index in [2.05, 4.69) is 10.6 Å². The Labute approximate surface area is 157 Å². The molecule has 1 saturated heterocycles. The van der Waals surface area contributed by atoms with E-state index in [0.717, 1.165) is 6.42 Å². The first kappa shape index (κ1) is 19.8. The Hall–Kier alpha value is -1.50. The molecule has 0 radical (unpaired) electrons. The molecule has 1 aliphatic rings. The number of anilines is 1. The number of hydrogen-bond acceptors (Lipinski definition) is 3. The summed E-state index contributed by atoms with van der Waals surface area (Å²) in [6.07, 6.45) is 2.09. The number of ether oxygens (including phenoxy) is 1. The van der Waals surface area contributed by atoms with E-state index in [0.29, 0.717) is 54.8 Å². The van der Waals surface area contributed by atoms with Crippen molar-refractivity contribution in [2.75, 3.05) is 38.7 Å². The fraction of sp³-hybridized carbons (Fsp3) is 0.529. The van der Waals surface area contributed by atoms with Crippen molar-refractivity contribution >= 4 is 40.8 Å². The van der Waals surface area contributed by atoms with Crippen molar-refractivity contribution in [3.05, 3.63) is 28.2 Å². The highest BCUT2D eigenvalue weighted by molar-refractivity contribution is 6.35. The third-order valence-electron chi connectivity index (χ3n) is 4.15. The normalized spacial score (nSPS) is 15.1. The van der Waals surface area contributed by atoms with Gasteiger partial charge in [-0.2, -0.15) is 0 Å². The molecule has 138 valence electrons.